The van der Waals surface area contributed by atoms with Crippen LogP contribution in [0, 0.1) is 15.5 Å². The van der Waals surface area contributed by atoms with Crippen LogP contribution in [0.2, 0.25) is 0 Å². The first kappa shape index (κ1) is 30.4. The fourth-order valence-corrected chi connectivity index (χ4v) is 1.32. The highest BCUT2D eigenvalue weighted by Crippen LogP contribution is 2.12. The van der Waals surface area contributed by atoms with Crippen LogP contribution < -0.4 is 0 Å². The van der Waals surface area contributed by atoms with Gasteiger partial charge in [-0.05, 0) is 25.5 Å². The summed E-state index contributed by atoms with van der Waals surface area (Å²) < 4.78 is 8.99. The van der Waals surface area contributed by atoms with Gasteiger partial charge in [-0.3, -0.25) is 15.5 Å². The highest BCUT2D eigenvalue weighted by Gasteiger charge is 2.09. The molecule has 0 saturated heterocycles. The van der Waals surface area contributed by atoms with E-state index in [1.807, 2.05) is 32.9 Å². The summed E-state index contributed by atoms with van der Waals surface area (Å²) in [5.41, 5.74) is 0.199. The Kier molecular flexibility index (Phi) is 23.8. The molecule has 0 saturated carbocycles. The number of non-ortho nitro benzene ring substituents is 1. The lowest BCUT2D eigenvalue weighted by atomic mass is 10.2. The molecule has 7 nitrogen and oxygen atoms in total. The van der Waals surface area contributed by atoms with E-state index in [1.54, 1.807) is 32.4 Å². The van der Waals surface area contributed by atoms with E-state index >= 15 is 0 Å². The van der Waals surface area contributed by atoms with E-state index in [4.69, 9.17) is 10.1 Å². The van der Waals surface area contributed by atoms with E-state index in [1.165, 1.54) is 30.3 Å². The highest BCUT2D eigenvalue weighted by molar-refractivity contribution is 6.01. The third-order valence-electron chi connectivity index (χ3n) is 2.43. The number of nitrogens with zero attached hydrogens (tertiary/aromatic N) is 1. The monoisotopic (exact) mass is 404 g/mol. The van der Waals surface area contributed by atoms with E-state index in [2.05, 4.69) is 17.9 Å². The maximum atomic E-state index is 11.3. The Bertz CT molecular complexity index is 662. The van der Waals surface area contributed by atoms with E-state index in [-0.39, 0.29) is 17.1 Å². The number of nitro groups is 1. The molecule has 1 N–H and O–H groups in total. The number of rotatable bonds is 6. The van der Waals surface area contributed by atoms with Gasteiger partial charge in [-0.25, -0.2) is 4.79 Å². The maximum absolute atomic E-state index is 11.3. The van der Waals surface area contributed by atoms with Crippen molar-refractivity contribution in [1.82, 2.24) is 0 Å². The molecule has 1 rings (SSSR count). The van der Waals surface area contributed by atoms with Crippen LogP contribution in [0.15, 0.2) is 73.9 Å². The number of carbonyl (C=O) groups excluding carboxylic acids is 1. The second-order valence-electron chi connectivity index (χ2n) is 4.65. The quantitative estimate of drug-likeness (QED) is 0.0967. The zero-order chi connectivity index (χ0) is 23.1. The molecule has 0 aliphatic rings. The maximum Gasteiger partial charge on any atom is 0.337 e. The number of allylic oxidation sites excluding steroid dienone is 5. The number of esters is 1. The van der Waals surface area contributed by atoms with Gasteiger partial charge in [0.15, 0.2) is 0 Å². The van der Waals surface area contributed by atoms with Crippen LogP contribution in [-0.2, 0) is 14.3 Å². The zero-order valence-electron chi connectivity index (χ0n) is 17.9. The molecule has 0 atom stereocenters. The fraction of sp³-hybridized carbons (Fsp3) is 0.273. The molecule has 0 aromatic heterocycles. The molecule has 1 aromatic rings. The molecule has 0 radical (unpaired) electrons. The van der Waals surface area contributed by atoms with Gasteiger partial charge in [-0.15, -0.1) is 6.58 Å². The van der Waals surface area contributed by atoms with Crippen molar-refractivity contribution in [2.24, 2.45) is 0 Å². The Labute approximate surface area is 173 Å². The first-order valence-corrected chi connectivity index (χ1v) is 8.84. The Balaban J connectivity index is -0.000000567. The van der Waals surface area contributed by atoms with Crippen molar-refractivity contribution in [1.29, 1.82) is 5.41 Å². The average molecular weight is 405 g/mol. The van der Waals surface area contributed by atoms with Crippen LogP contribution in [-0.4, -0.2) is 31.0 Å². The van der Waals surface area contributed by atoms with Crippen molar-refractivity contribution in [3.63, 3.8) is 0 Å². The number of nitrogens with one attached hydrogen (secondary N) is 1. The lowest BCUT2D eigenvalue weighted by molar-refractivity contribution is -0.384. The van der Waals surface area contributed by atoms with Crippen LogP contribution in [0.4, 0.5) is 5.69 Å². The Morgan fingerprint density at radius 1 is 1.21 bits per heavy atom. The highest BCUT2D eigenvalue weighted by atomic mass is 16.6. The lowest BCUT2D eigenvalue weighted by Gasteiger charge is -2.02. The van der Waals surface area contributed by atoms with Gasteiger partial charge < -0.3 is 9.47 Å². The molecule has 29 heavy (non-hydrogen) atoms. The van der Waals surface area contributed by atoms with Crippen molar-refractivity contribution < 1.29 is 19.2 Å². The molecule has 0 unspecified atom stereocenters. The van der Waals surface area contributed by atoms with Crippen molar-refractivity contribution >= 4 is 17.6 Å². The Morgan fingerprint density at radius 3 is 2.07 bits per heavy atom. The largest absolute Gasteiger partial charge is 0.404 e. The number of hydrogen-bond acceptors (Lipinski definition) is 6. The van der Waals surface area contributed by atoms with Crippen molar-refractivity contribution in [3.05, 3.63) is 89.6 Å². The molecule has 160 valence electrons. The van der Waals surface area contributed by atoms with Crippen molar-refractivity contribution in [2.45, 2.75) is 27.2 Å². The average Bonchev–Trinajstić information content (AvgIpc) is 2.71. The Hall–Kier alpha value is -3.32. The van der Waals surface area contributed by atoms with E-state index in [9.17, 15) is 14.9 Å². The normalized spacial score (nSPS) is 9.00. The summed E-state index contributed by atoms with van der Waals surface area (Å²) in [7, 11) is 3.25. The predicted octanol–water partition coefficient (Wildman–Crippen LogP) is 5.63. The third-order valence-corrected chi connectivity index (χ3v) is 2.43. The van der Waals surface area contributed by atoms with Gasteiger partial charge in [0.05, 0.1) is 4.92 Å². The number of benzene rings is 1. The van der Waals surface area contributed by atoms with E-state index in [0.29, 0.717) is 6.42 Å². The summed E-state index contributed by atoms with van der Waals surface area (Å²) in [6.07, 6.45) is 10.5. The number of hydrogen-bond donors (Lipinski definition) is 1. The van der Waals surface area contributed by atoms with Crippen LogP contribution in [0.25, 0.3) is 0 Å². The summed E-state index contributed by atoms with van der Waals surface area (Å²) in [4.78, 5) is 21.2. The smallest absolute Gasteiger partial charge is 0.337 e. The molecular formula is C22H32N2O5. The fourth-order valence-electron chi connectivity index (χ4n) is 1.32. The molecule has 0 fully saturated rings. The van der Waals surface area contributed by atoms with E-state index in [0.717, 1.165) is 0 Å². The summed E-state index contributed by atoms with van der Waals surface area (Å²) in [5.74, 6) is -1.03. The van der Waals surface area contributed by atoms with Gasteiger partial charge in [0.25, 0.3) is 5.69 Å². The first-order valence-electron chi connectivity index (χ1n) is 8.84. The number of ether oxygens (including phenoxy) is 2. The first-order chi connectivity index (χ1) is 13.9. The second-order valence-corrected chi connectivity index (χ2v) is 4.65. The van der Waals surface area contributed by atoms with E-state index < -0.39 is 10.9 Å². The van der Waals surface area contributed by atoms with Crippen LogP contribution in [0.5, 0.6) is 0 Å². The minimum atomic E-state index is -0.676. The topological polar surface area (TPSA) is 103 Å². The summed E-state index contributed by atoms with van der Waals surface area (Å²) in [5, 5.41) is 18.0. The molecule has 0 spiro atoms. The summed E-state index contributed by atoms with van der Waals surface area (Å²) in [6, 6.07) is 5.18. The molecule has 0 aliphatic heterocycles. The molecule has 0 bridgehead atoms. The van der Waals surface area contributed by atoms with Gasteiger partial charge in [0, 0.05) is 38.0 Å². The third kappa shape index (κ3) is 19.3. The second kappa shape index (κ2) is 22.7. The van der Waals surface area contributed by atoms with Gasteiger partial charge in [-0.1, -0.05) is 50.8 Å². The number of nitro benzene ring substituents is 1. The SMILES string of the molecule is C=C/C=C\C.C=CC/C=C/C(=O)OC(=N)c1ccc([N+](=O)[O-])cc1.CC.COC. The molecule has 7 heteroatoms. The van der Waals surface area contributed by atoms with Crippen LogP contribution in [0.1, 0.15) is 32.8 Å². The summed E-state index contributed by atoms with van der Waals surface area (Å²) in [6.45, 7) is 12.9. The van der Waals surface area contributed by atoms with Gasteiger partial charge in [-0.2, -0.15) is 0 Å². The minimum absolute atomic E-state index is 0.0891. The zero-order valence-corrected chi connectivity index (χ0v) is 17.9. The molecule has 0 heterocycles. The van der Waals surface area contributed by atoms with Gasteiger partial charge >= 0.3 is 5.97 Å². The molecule has 0 aliphatic carbocycles. The van der Waals surface area contributed by atoms with Crippen molar-refractivity contribution in [3.8, 4) is 0 Å². The number of carbonyl (C=O) groups is 1. The summed E-state index contributed by atoms with van der Waals surface area (Å²) >= 11 is 0. The number of methoxy groups -OCH3 is 1. The van der Waals surface area contributed by atoms with Crippen molar-refractivity contribution in [2.75, 3.05) is 14.2 Å². The Morgan fingerprint density at radius 2 is 1.72 bits per heavy atom. The van der Waals surface area contributed by atoms with Crippen LogP contribution in [0.3, 0.4) is 0 Å². The molecule has 0 amide bonds. The van der Waals surface area contributed by atoms with Gasteiger partial charge in [0.1, 0.15) is 0 Å². The molecule has 1 aromatic carbocycles. The van der Waals surface area contributed by atoms with Crippen LogP contribution >= 0.6 is 0 Å². The lowest BCUT2D eigenvalue weighted by Crippen LogP contribution is -2.10. The molecular weight excluding hydrogens is 372 g/mol. The minimum Gasteiger partial charge on any atom is -0.404 e. The standard InChI is InChI=1S/C13H12N2O4.C5H8.C2H6O.C2H6/c1-2-3-4-5-12(16)19-13(14)10-6-8-11(9-7-10)15(17)18;1-3-5-4-2;1-3-2;1-2/h2,4-9,14H,1,3H2;3-5H,1H2,2H3;1-2H3;1-2H3/b5-4+,14-13?;5-4-;;. The predicted molar refractivity (Wildman–Crippen MR) is 119 cm³/mol. The van der Waals surface area contributed by atoms with Gasteiger partial charge in [0.2, 0.25) is 5.90 Å².